The topological polar surface area (TPSA) is 87.2 Å². The van der Waals surface area contributed by atoms with Crippen molar-refractivity contribution in [3.05, 3.63) is 46.4 Å². The summed E-state index contributed by atoms with van der Waals surface area (Å²) in [4.78, 5) is 29.2. The third-order valence-corrected chi connectivity index (χ3v) is 5.06. The lowest BCUT2D eigenvalue weighted by molar-refractivity contribution is -0.142. The predicted molar refractivity (Wildman–Crippen MR) is 96.1 cm³/mol. The van der Waals surface area contributed by atoms with Crippen LogP contribution in [0.25, 0.3) is 10.7 Å². The summed E-state index contributed by atoms with van der Waals surface area (Å²) in [6.07, 6.45) is 0.348. The van der Waals surface area contributed by atoms with Crippen molar-refractivity contribution in [2.75, 3.05) is 6.61 Å². The van der Waals surface area contributed by atoms with E-state index < -0.39 is 5.97 Å². The number of aromatic nitrogens is 3. The molecule has 0 aliphatic heterocycles. The number of nitrogens with zero attached hydrogens (tertiary/aromatic N) is 3. The van der Waals surface area contributed by atoms with E-state index in [0.29, 0.717) is 17.3 Å². The zero-order chi connectivity index (χ0) is 18.7. The highest BCUT2D eigenvalue weighted by atomic mass is 32.1. The van der Waals surface area contributed by atoms with Crippen LogP contribution < -0.4 is 0 Å². The summed E-state index contributed by atoms with van der Waals surface area (Å²) in [5.41, 5.74) is 2.42. The molecule has 0 N–H and O–H groups in total. The third kappa shape index (κ3) is 3.91. The van der Waals surface area contributed by atoms with E-state index in [-0.39, 0.29) is 25.2 Å². The molecule has 0 fully saturated rings. The number of carbonyl (C=O) groups excluding carboxylic acids is 2. The van der Waals surface area contributed by atoms with Crippen LogP contribution in [0.3, 0.4) is 0 Å². The summed E-state index contributed by atoms with van der Waals surface area (Å²) < 4.78 is 12.1. The SMILES string of the molecule is Cc1cc(C(=O)COC(=O)CCc2nc(-c3cccs3)no2)c(C)n1C. The highest BCUT2D eigenvalue weighted by Gasteiger charge is 2.17. The van der Waals surface area contributed by atoms with E-state index in [1.54, 1.807) is 6.07 Å². The smallest absolute Gasteiger partial charge is 0.306 e. The van der Waals surface area contributed by atoms with Crippen LogP contribution in [0.2, 0.25) is 0 Å². The quantitative estimate of drug-likeness (QED) is 0.467. The fourth-order valence-corrected chi connectivity index (χ4v) is 3.15. The average Bonchev–Trinajstić information content (AvgIpc) is 3.35. The van der Waals surface area contributed by atoms with E-state index in [0.717, 1.165) is 16.3 Å². The minimum Gasteiger partial charge on any atom is -0.457 e. The van der Waals surface area contributed by atoms with Gasteiger partial charge in [0.05, 0.1) is 11.3 Å². The van der Waals surface area contributed by atoms with Crippen LogP contribution >= 0.6 is 11.3 Å². The van der Waals surface area contributed by atoms with Crippen LogP contribution in [0.4, 0.5) is 0 Å². The molecule has 3 rings (SSSR count). The number of aryl methyl sites for hydroxylation is 2. The second-order valence-corrected chi connectivity index (χ2v) is 6.86. The summed E-state index contributed by atoms with van der Waals surface area (Å²) in [6.45, 7) is 3.51. The Bertz CT molecular complexity index is 925. The van der Waals surface area contributed by atoms with E-state index in [2.05, 4.69) is 10.1 Å². The van der Waals surface area contributed by atoms with Gasteiger partial charge in [-0.1, -0.05) is 11.2 Å². The predicted octanol–water partition coefficient (Wildman–Crippen LogP) is 3.11. The summed E-state index contributed by atoms with van der Waals surface area (Å²) in [6, 6.07) is 5.60. The average molecular weight is 373 g/mol. The summed E-state index contributed by atoms with van der Waals surface area (Å²) in [5.74, 6) is 0.191. The number of ketones is 1. The Balaban J connectivity index is 1.48. The van der Waals surface area contributed by atoms with E-state index in [9.17, 15) is 9.59 Å². The van der Waals surface area contributed by atoms with Crippen molar-refractivity contribution in [3.63, 3.8) is 0 Å². The molecule has 0 aliphatic rings. The van der Waals surface area contributed by atoms with Crippen molar-refractivity contribution in [2.24, 2.45) is 7.05 Å². The van der Waals surface area contributed by atoms with Crippen LogP contribution in [0, 0.1) is 13.8 Å². The molecule has 8 heteroatoms. The van der Waals surface area contributed by atoms with Crippen LogP contribution in [0.1, 0.15) is 34.1 Å². The monoisotopic (exact) mass is 373 g/mol. The molecular weight excluding hydrogens is 354 g/mol. The standard InChI is InChI=1S/C18H19N3O4S/c1-11-9-13(12(2)21(11)3)14(22)10-24-17(23)7-6-16-19-18(20-25-16)15-5-4-8-26-15/h4-5,8-9H,6-7,10H2,1-3H3. The van der Waals surface area contributed by atoms with E-state index >= 15 is 0 Å². The zero-order valence-electron chi connectivity index (χ0n) is 14.8. The second-order valence-electron chi connectivity index (χ2n) is 5.92. The fraction of sp³-hybridized carbons (Fsp3) is 0.333. The molecule has 0 radical (unpaired) electrons. The Morgan fingerprint density at radius 3 is 2.81 bits per heavy atom. The van der Waals surface area contributed by atoms with Gasteiger partial charge in [0.15, 0.2) is 6.61 Å². The first-order chi connectivity index (χ1) is 12.5. The first-order valence-corrected chi connectivity index (χ1v) is 9.02. The number of hydrogen-bond donors (Lipinski definition) is 0. The minimum absolute atomic E-state index is 0.0755. The Morgan fingerprint density at radius 2 is 2.15 bits per heavy atom. The van der Waals surface area contributed by atoms with Crippen molar-refractivity contribution in [2.45, 2.75) is 26.7 Å². The number of esters is 1. The van der Waals surface area contributed by atoms with Gasteiger partial charge in [-0.05, 0) is 31.4 Å². The van der Waals surface area contributed by atoms with Gasteiger partial charge in [0.1, 0.15) is 0 Å². The zero-order valence-corrected chi connectivity index (χ0v) is 15.6. The van der Waals surface area contributed by atoms with Crippen molar-refractivity contribution < 1.29 is 18.8 Å². The Labute approximate surface area is 154 Å². The molecule has 0 saturated carbocycles. The molecule has 3 aromatic rings. The van der Waals surface area contributed by atoms with Gasteiger partial charge in [0.25, 0.3) is 0 Å². The molecule has 0 spiro atoms. The van der Waals surface area contributed by atoms with Crippen LogP contribution in [0.5, 0.6) is 0 Å². The van der Waals surface area contributed by atoms with Crippen molar-refractivity contribution in [1.29, 1.82) is 0 Å². The summed E-state index contributed by atoms with van der Waals surface area (Å²) in [7, 11) is 1.89. The van der Waals surface area contributed by atoms with Gasteiger partial charge in [-0.2, -0.15) is 4.98 Å². The third-order valence-electron chi connectivity index (χ3n) is 4.19. The Hall–Kier alpha value is -2.74. The molecule has 0 aliphatic carbocycles. The largest absolute Gasteiger partial charge is 0.457 e. The number of ether oxygens (including phenoxy) is 1. The number of thiophene rings is 1. The van der Waals surface area contributed by atoms with Gasteiger partial charge in [0.2, 0.25) is 17.5 Å². The lowest BCUT2D eigenvalue weighted by Crippen LogP contribution is -2.15. The fourth-order valence-electron chi connectivity index (χ4n) is 2.50. The highest BCUT2D eigenvalue weighted by Crippen LogP contribution is 2.21. The maximum absolute atomic E-state index is 12.2. The van der Waals surface area contributed by atoms with Crippen LogP contribution in [-0.4, -0.2) is 33.1 Å². The van der Waals surface area contributed by atoms with Crippen molar-refractivity contribution >= 4 is 23.1 Å². The molecule has 0 unspecified atom stereocenters. The molecule has 26 heavy (non-hydrogen) atoms. The first kappa shape index (κ1) is 18.1. The lowest BCUT2D eigenvalue weighted by atomic mass is 10.1. The number of hydrogen-bond acceptors (Lipinski definition) is 7. The number of carbonyl (C=O) groups is 2. The molecule has 7 nitrogen and oxygen atoms in total. The molecule has 0 amide bonds. The molecule has 0 bridgehead atoms. The first-order valence-electron chi connectivity index (χ1n) is 8.14. The maximum atomic E-state index is 12.2. The van der Waals surface area contributed by atoms with Gasteiger partial charge in [-0.3, -0.25) is 9.59 Å². The summed E-state index contributed by atoms with van der Waals surface area (Å²) >= 11 is 1.51. The maximum Gasteiger partial charge on any atom is 0.306 e. The van der Waals surface area contributed by atoms with Crippen molar-refractivity contribution in [1.82, 2.24) is 14.7 Å². The van der Waals surface area contributed by atoms with E-state index in [1.165, 1.54) is 11.3 Å². The number of rotatable bonds is 7. The Kier molecular flexibility index (Phi) is 5.32. The van der Waals surface area contributed by atoms with Gasteiger partial charge in [-0.15, -0.1) is 11.3 Å². The number of Topliss-reactive ketones (excluding diaryl/α,β-unsaturated/α-hetero) is 1. The normalized spacial score (nSPS) is 10.9. The van der Waals surface area contributed by atoms with Gasteiger partial charge < -0.3 is 13.8 Å². The molecule has 0 atom stereocenters. The van der Waals surface area contributed by atoms with Gasteiger partial charge >= 0.3 is 5.97 Å². The Morgan fingerprint density at radius 1 is 1.35 bits per heavy atom. The lowest BCUT2D eigenvalue weighted by Gasteiger charge is -2.04. The van der Waals surface area contributed by atoms with Crippen LogP contribution in [0.15, 0.2) is 28.1 Å². The molecular formula is C18H19N3O4S. The highest BCUT2D eigenvalue weighted by molar-refractivity contribution is 7.13. The van der Waals surface area contributed by atoms with E-state index in [1.807, 2.05) is 43.0 Å². The second kappa shape index (κ2) is 7.65. The molecule has 0 saturated heterocycles. The summed E-state index contributed by atoms with van der Waals surface area (Å²) in [5, 5.41) is 5.81. The van der Waals surface area contributed by atoms with Crippen LogP contribution in [-0.2, 0) is 23.0 Å². The van der Waals surface area contributed by atoms with E-state index in [4.69, 9.17) is 9.26 Å². The molecule has 3 heterocycles. The van der Waals surface area contributed by atoms with Gasteiger partial charge in [0, 0.05) is 30.4 Å². The van der Waals surface area contributed by atoms with Crippen molar-refractivity contribution in [3.8, 4) is 10.7 Å². The molecule has 136 valence electrons. The molecule has 3 aromatic heterocycles. The van der Waals surface area contributed by atoms with Gasteiger partial charge in [-0.25, -0.2) is 0 Å². The molecule has 0 aromatic carbocycles. The minimum atomic E-state index is -0.473.